The largest absolute Gasteiger partial charge is 0.490 e. The summed E-state index contributed by atoms with van der Waals surface area (Å²) in [5, 5.41) is 0. The van der Waals surface area contributed by atoms with Gasteiger partial charge in [-0.05, 0) is 44.2 Å². The van der Waals surface area contributed by atoms with E-state index in [0.29, 0.717) is 18.9 Å². The number of methoxy groups -OCH3 is 1. The lowest BCUT2D eigenvalue weighted by molar-refractivity contribution is -0.147. The maximum atomic E-state index is 12.1. The Balaban J connectivity index is 0.000000765. The van der Waals surface area contributed by atoms with Gasteiger partial charge in [0, 0.05) is 6.42 Å². The predicted octanol–water partition coefficient (Wildman–Crippen LogP) is 10.1. The van der Waals surface area contributed by atoms with E-state index in [2.05, 4.69) is 20.8 Å². The van der Waals surface area contributed by atoms with Gasteiger partial charge in [0.05, 0.1) is 19.8 Å². The third-order valence-electron chi connectivity index (χ3n) is 6.86. The Labute approximate surface area is 246 Å². The van der Waals surface area contributed by atoms with Crippen molar-refractivity contribution in [3.63, 3.8) is 0 Å². The summed E-state index contributed by atoms with van der Waals surface area (Å²) in [7, 11) is 1.49. The molecule has 5 heteroatoms. The number of esters is 2. The number of hydrogen-bond donors (Lipinski definition) is 0. The van der Waals surface area contributed by atoms with Crippen LogP contribution in [0.3, 0.4) is 0 Å². The van der Waals surface area contributed by atoms with Crippen LogP contribution in [0.4, 0.5) is 0 Å². The first kappa shape index (κ1) is 37.7. The van der Waals surface area contributed by atoms with Gasteiger partial charge in [-0.15, -0.1) is 0 Å². The van der Waals surface area contributed by atoms with Gasteiger partial charge >= 0.3 is 11.9 Å². The summed E-state index contributed by atoms with van der Waals surface area (Å²) in [4.78, 5) is 23.3. The van der Waals surface area contributed by atoms with Gasteiger partial charge in [-0.2, -0.15) is 0 Å². The first-order valence-corrected chi connectivity index (χ1v) is 16.0. The van der Waals surface area contributed by atoms with Gasteiger partial charge in [-0.3, -0.25) is 4.79 Å². The second-order valence-electron chi connectivity index (χ2n) is 11.0. The number of unbranched alkanes of at least 4 members (excludes halogenated alkanes) is 11. The Morgan fingerprint density at radius 2 is 1.32 bits per heavy atom. The summed E-state index contributed by atoms with van der Waals surface area (Å²) in [5.74, 6) is 0.248. The van der Waals surface area contributed by atoms with Gasteiger partial charge in [0.15, 0.2) is 0 Å². The summed E-state index contributed by atoms with van der Waals surface area (Å²) >= 11 is 0. The molecule has 0 spiro atoms. The topological polar surface area (TPSA) is 61.8 Å². The molecule has 5 nitrogen and oxygen atoms in total. The normalized spacial score (nSPS) is 11.9. The second-order valence-corrected chi connectivity index (χ2v) is 11.0. The maximum Gasteiger partial charge on any atom is 0.373 e. The summed E-state index contributed by atoms with van der Waals surface area (Å²) in [6.07, 6.45) is 21.3. The zero-order valence-electron chi connectivity index (χ0n) is 26.7. The fourth-order valence-corrected chi connectivity index (χ4v) is 4.32. The smallest absolute Gasteiger partial charge is 0.373 e. The highest BCUT2D eigenvalue weighted by Crippen LogP contribution is 2.15. The molecule has 0 saturated heterocycles. The van der Waals surface area contributed by atoms with E-state index in [1.54, 1.807) is 6.08 Å². The van der Waals surface area contributed by atoms with Crippen LogP contribution in [-0.2, 0) is 23.8 Å². The summed E-state index contributed by atoms with van der Waals surface area (Å²) < 4.78 is 15.6. The highest BCUT2D eigenvalue weighted by atomic mass is 16.6. The van der Waals surface area contributed by atoms with Crippen LogP contribution in [0, 0.1) is 5.92 Å². The minimum atomic E-state index is -0.392. The van der Waals surface area contributed by atoms with Crippen LogP contribution < -0.4 is 0 Å². The maximum absolute atomic E-state index is 12.1. The minimum Gasteiger partial charge on any atom is -0.490 e. The van der Waals surface area contributed by atoms with Gasteiger partial charge in [0.1, 0.15) is 0 Å². The molecular weight excluding hydrogens is 500 g/mol. The zero-order valence-corrected chi connectivity index (χ0v) is 26.7. The van der Waals surface area contributed by atoms with E-state index < -0.39 is 5.97 Å². The lowest BCUT2D eigenvalue weighted by Crippen LogP contribution is -2.16. The fourth-order valence-electron chi connectivity index (χ4n) is 4.32. The Kier molecular flexibility index (Phi) is 25.4. The first-order chi connectivity index (χ1) is 19.4. The fraction of sp³-hybridized carbons (Fsp3) is 0.714. The molecule has 1 rings (SSSR count). The van der Waals surface area contributed by atoms with E-state index >= 15 is 0 Å². The van der Waals surface area contributed by atoms with Crippen molar-refractivity contribution in [1.29, 1.82) is 0 Å². The molecule has 0 saturated carbocycles. The van der Waals surface area contributed by atoms with Crippen LogP contribution >= 0.6 is 0 Å². The van der Waals surface area contributed by atoms with Gasteiger partial charge in [-0.1, -0.05) is 135 Å². The third kappa shape index (κ3) is 22.5. The number of ether oxygens (including phenoxy) is 3. The van der Waals surface area contributed by atoms with E-state index in [0.717, 1.165) is 24.8 Å². The van der Waals surface area contributed by atoms with Gasteiger partial charge in [-0.25, -0.2) is 4.79 Å². The molecule has 0 fully saturated rings. The van der Waals surface area contributed by atoms with Crippen molar-refractivity contribution in [3.8, 4) is 0 Å². The SMILES string of the molecule is CCCCC(CC)COC(=O)C(=Cc1ccccc1)OC.CCCCCCCCCCCCCC(=O)OC(C)C. The van der Waals surface area contributed by atoms with Crippen LogP contribution in [0.1, 0.15) is 143 Å². The molecule has 1 aromatic rings. The molecule has 1 aromatic carbocycles. The zero-order chi connectivity index (χ0) is 29.8. The number of carbonyl (C=O) groups is 2. The molecule has 0 amide bonds. The Morgan fingerprint density at radius 3 is 1.82 bits per heavy atom. The lowest BCUT2D eigenvalue weighted by atomic mass is 10.0. The minimum absolute atomic E-state index is 0.0280. The van der Waals surface area contributed by atoms with Gasteiger partial charge < -0.3 is 14.2 Å². The quantitative estimate of drug-likeness (QED) is 0.0611. The van der Waals surface area contributed by atoms with E-state index in [4.69, 9.17) is 14.2 Å². The molecule has 0 aromatic heterocycles. The average Bonchev–Trinajstić information content (AvgIpc) is 2.95. The van der Waals surface area contributed by atoms with Crippen molar-refractivity contribution >= 4 is 18.0 Å². The standard InChI is InChI=1S/C18H26O3.C17H34O2/c1-4-6-10-15(5-2)14-21-18(19)17(20-3)13-16-11-8-7-9-12-16;1-4-5-6-7-8-9-10-11-12-13-14-15-17(18)19-16(2)3/h7-9,11-13,15H,4-6,10,14H2,1-3H3;16H,4-15H2,1-3H3. The number of rotatable bonds is 22. The lowest BCUT2D eigenvalue weighted by Gasteiger charge is -2.15. The van der Waals surface area contributed by atoms with Crippen molar-refractivity contribution in [2.24, 2.45) is 5.92 Å². The molecule has 0 radical (unpaired) electrons. The highest BCUT2D eigenvalue weighted by molar-refractivity contribution is 5.91. The van der Waals surface area contributed by atoms with Crippen LogP contribution in [0.5, 0.6) is 0 Å². The number of carbonyl (C=O) groups excluding carboxylic acids is 2. The van der Waals surface area contributed by atoms with Gasteiger partial charge in [0.2, 0.25) is 5.76 Å². The van der Waals surface area contributed by atoms with Crippen molar-refractivity contribution in [2.45, 2.75) is 143 Å². The van der Waals surface area contributed by atoms with Crippen molar-refractivity contribution in [2.75, 3.05) is 13.7 Å². The Bertz CT molecular complexity index is 756. The average molecular weight is 561 g/mol. The van der Waals surface area contributed by atoms with E-state index in [1.807, 2.05) is 44.2 Å². The number of hydrogen-bond acceptors (Lipinski definition) is 5. The third-order valence-corrected chi connectivity index (χ3v) is 6.86. The molecule has 230 valence electrons. The summed E-state index contributed by atoms with van der Waals surface area (Å²) in [5.41, 5.74) is 0.921. The molecule has 1 unspecified atom stereocenters. The molecular formula is C35H60O5. The molecule has 40 heavy (non-hydrogen) atoms. The number of benzene rings is 1. The van der Waals surface area contributed by atoms with E-state index in [-0.39, 0.29) is 17.8 Å². The monoisotopic (exact) mass is 560 g/mol. The predicted molar refractivity (Wildman–Crippen MR) is 168 cm³/mol. The van der Waals surface area contributed by atoms with Gasteiger partial charge in [0.25, 0.3) is 0 Å². The van der Waals surface area contributed by atoms with E-state index in [1.165, 1.54) is 84.2 Å². The van der Waals surface area contributed by atoms with Crippen molar-refractivity contribution in [3.05, 3.63) is 41.7 Å². The molecule has 0 aliphatic rings. The van der Waals surface area contributed by atoms with Crippen LogP contribution in [0.2, 0.25) is 0 Å². The van der Waals surface area contributed by atoms with Crippen LogP contribution in [0.25, 0.3) is 6.08 Å². The van der Waals surface area contributed by atoms with Crippen molar-refractivity contribution in [1.82, 2.24) is 0 Å². The first-order valence-electron chi connectivity index (χ1n) is 16.0. The van der Waals surface area contributed by atoms with Crippen LogP contribution in [0.15, 0.2) is 36.1 Å². The summed E-state index contributed by atoms with van der Waals surface area (Å²) in [6, 6.07) is 9.61. The molecule has 0 heterocycles. The molecule has 0 N–H and O–H groups in total. The van der Waals surface area contributed by atoms with Crippen molar-refractivity contribution < 1.29 is 23.8 Å². The van der Waals surface area contributed by atoms with E-state index in [9.17, 15) is 9.59 Å². The van der Waals surface area contributed by atoms with Crippen LogP contribution in [-0.4, -0.2) is 31.8 Å². The molecule has 0 bridgehead atoms. The summed E-state index contributed by atoms with van der Waals surface area (Å²) in [6.45, 7) is 10.8. The molecule has 1 atom stereocenters. The highest BCUT2D eigenvalue weighted by Gasteiger charge is 2.15. The molecule has 0 aliphatic carbocycles. The molecule has 0 aliphatic heterocycles. The second kappa shape index (κ2) is 26.9. The Morgan fingerprint density at radius 1 is 0.775 bits per heavy atom. The Hall–Kier alpha value is -2.30.